The maximum absolute atomic E-state index is 5.24. The minimum absolute atomic E-state index is 0.447. The Hall–Kier alpha value is -2.40. The van der Waals surface area contributed by atoms with Crippen molar-refractivity contribution in [3.05, 3.63) is 54.2 Å². The highest BCUT2D eigenvalue weighted by molar-refractivity contribution is 5.92. The van der Waals surface area contributed by atoms with Crippen LogP contribution >= 0.6 is 0 Å². The highest BCUT2D eigenvalue weighted by Crippen LogP contribution is 2.33. The van der Waals surface area contributed by atoms with Gasteiger partial charge in [0.15, 0.2) is 0 Å². The van der Waals surface area contributed by atoms with E-state index in [4.69, 9.17) is 9.72 Å². The molecule has 0 saturated carbocycles. The summed E-state index contributed by atoms with van der Waals surface area (Å²) in [6.45, 7) is 5.74. The van der Waals surface area contributed by atoms with Crippen LogP contribution in [0.2, 0.25) is 0 Å². The second-order valence-corrected chi connectivity index (χ2v) is 7.06. The number of para-hydroxylation sites is 1. The highest BCUT2D eigenvalue weighted by Gasteiger charge is 2.26. The maximum atomic E-state index is 5.24. The Balaban J connectivity index is 1.63. The Morgan fingerprint density at radius 2 is 2.15 bits per heavy atom. The number of rotatable bonds is 5. The quantitative estimate of drug-likeness (QED) is 0.702. The van der Waals surface area contributed by atoms with Crippen LogP contribution in [0.25, 0.3) is 10.9 Å². The van der Waals surface area contributed by atoms with E-state index in [1.54, 1.807) is 7.11 Å². The molecule has 5 nitrogen and oxygen atoms in total. The Morgan fingerprint density at radius 3 is 3.04 bits per heavy atom. The van der Waals surface area contributed by atoms with Gasteiger partial charge in [-0.15, -0.1) is 0 Å². The first-order valence-electron chi connectivity index (χ1n) is 9.37. The summed E-state index contributed by atoms with van der Waals surface area (Å²) in [5, 5.41) is 1.24. The number of aromatic nitrogens is 3. The zero-order valence-electron chi connectivity index (χ0n) is 15.6. The second kappa shape index (κ2) is 7.46. The van der Waals surface area contributed by atoms with Crippen molar-refractivity contribution in [2.24, 2.45) is 0 Å². The molecular formula is C21H26N4O. The topological polar surface area (TPSA) is 43.2 Å². The molecule has 1 aliphatic heterocycles. The molecule has 26 heavy (non-hydrogen) atoms. The Morgan fingerprint density at radius 1 is 1.27 bits per heavy atom. The average Bonchev–Trinajstić information content (AvgIpc) is 3.14. The normalized spacial score (nSPS) is 17.8. The van der Waals surface area contributed by atoms with E-state index in [1.807, 2.05) is 6.20 Å². The number of hydrogen-bond acceptors (Lipinski definition) is 4. The van der Waals surface area contributed by atoms with Crippen molar-refractivity contribution in [3.63, 3.8) is 0 Å². The van der Waals surface area contributed by atoms with Gasteiger partial charge in [0, 0.05) is 61.8 Å². The average molecular weight is 350 g/mol. The molecule has 4 rings (SSSR count). The largest absolute Gasteiger partial charge is 0.383 e. The summed E-state index contributed by atoms with van der Waals surface area (Å²) in [6, 6.07) is 10.7. The van der Waals surface area contributed by atoms with E-state index in [-0.39, 0.29) is 0 Å². The third-order valence-electron chi connectivity index (χ3n) is 5.23. The first-order valence-corrected chi connectivity index (χ1v) is 9.37. The lowest BCUT2D eigenvalue weighted by molar-refractivity contribution is 0.185. The van der Waals surface area contributed by atoms with Crippen LogP contribution in [0.5, 0.6) is 0 Å². The number of pyridine rings is 1. The van der Waals surface area contributed by atoms with E-state index in [0.717, 1.165) is 30.8 Å². The number of piperidine rings is 1. The monoisotopic (exact) mass is 350 g/mol. The summed E-state index contributed by atoms with van der Waals surface area (Å²) in [4.78, 5) is 11.9. The fourth-order valence-corrected chi connectivity index (χ4v) is 4.01. The molecule has 0 radical (unpaired) electrons. The van der Waals surface area contributed by atoms with Crippen LogP contribution < -0.4 is 4.90 Å². The molecule has 0 bridgehead atoms. The van der Waals surface area contributed by atoms with Gasteiger partial charge in [-0.2, -0.15) is 0 Å². The summed E-state index contributed by atoms with van der Waals surface area (Å²) >= 11 is 0. The number of imidazole rings is 1. The van der Waals surface area contributed by atoms with Crippen LogP contribution in [0.3, 0.4) is 0 Å². The predicted octanol–water partition coefficient (Wildman–Crippen LogP) is 3.77. The molecule has 0 N–H and O–H groups in total. The SMILES string of the molecule is COCCn1ccnc1[C@H]1CCCN(c2cc(C)nc3ccccc23)C1. The van der Waals surface area contributed by atoms with Gasteiger partial charge in [-0.3, -0.25) is 4.98 Å². The van der Waals surface area contributed by atoms with Gasteiger partial charge in [0.1, 0.15) is 5.82 Å². The molecule has 1 fully saturated rings. The second-order valence-electron chi connectivity index (χ2n) is 7.06. The van der Waals surface area contributed by atoms with E-state index in [9.17, 15) is 0 Å². The van der Waals surface area contributed by atoms with Crippen molar-refractivity contribution in [2.75, 3.05) is 31.7 Å². The molecule has 1 atom stereocenters. The van der Waals surface area contributed by atoms with E-state index >= 15 is 0 Å². The van der Waals surface area contributed by atoms with Crippen molar-refractivity contribution >= 4 is 16.6 Å². The van der Waals surface area contributed by atoms with Crippen LogP contribution in [0.15, 0.2) is 42.7 Å². The predicted molar refractivity (Wildman–Crippen MR) is 105 cm³/mol. The molecule has 1 aliphatic rings. The van der Waals surface area contributed by atoms with E-state index in [2.05, 4.69) is 57.9 Å². The van der Waals surface area contributed by atoms with Gasteiger partial charge in [-0.1, -0.05) is 18.2 Å². The molecule has 1 saturated heterocycles. The van der Waals surface area contributed by atoms with Crippen molar-refractivity contribution in [3.8, 4) is 0 Å². The van der Waals surface area contributed by atoms with E-state index in [1.165, 1.54) is 29.7 Å². The molecule has 1 aromatic carbocycles. The number of nitrogens with zero attached hydrogens (tertiary/aromatic N) is 4. The summed E-state index contributed by atoms with van der Waals surface area (Å²) < 4.78 is 7.49. The number of hydrogen-bond donors (Lipinski definition) is 0. The molecule has 136 valence electrons. The third kappa shape index (κ3) is 3.31. The molecule has 3 aromatic rings. The zero-order chi connectivity index (χ0) is 17.9. The van der Waals surface area contributed by atoms with E-state index < -0.39 is 0 Å². The fourth-order valence-electron chi connectivity index (χ4n) is 4.01. The Bertz CT molecular complexity index is 889. The van der Waals surface area contributed by atoms with Crippen LogP contribution in [0, 0.1) is 6.92 Å². The number of benzene rings is 1. The van der Waals surface area contributed by atoms with Gasteiger partial charge in [0.05, 0.1) is 12.1 Å². The van der Waals surface area contributed by atoms with Gasteiger partial charge < -0.3 is 14.2 Å². The lowest BCUT2D eigenvalue weighted by atomic mass is 9.96. The van der Waals surface area contributed by atoms with Crippen LogP contribution in [0.1, 0.15) is 30.3 Å². The number of methoxy groups -OCH3 is 1. The Labute approximate surface area is 154 Å². The summed E-state index contributed by atoms with van der Waals surface area (Å²) in [6.07, 6.45) is 6.34. The molecule has 5 heteroatoms. The van der Waals surface area contributed by atoms with Gasteiger partial charge in [0.2, 0.25) is 0 Å². The van der Waals surface area contributed by atoms with Crippen molar-refractivity contribution in [1.29, 1.82) is 0 Å². The molecule has 0 aliphatic carbocycles. The van der Waals surface area contributed by atoms with Gasteiger partial charge in [-0.25, -0.2) is 4.98 Å². The summed E-state index contributed by atoms with van der Waals surface area (Å²) in [5.41, 5.74) is 3.45. The van der Waals surface area contributed by atoms with Crippen LogP contribution in [0.4, 0.5) is 5.69 Å². The minimum Gasteiger partial charge on any atom is -0.383 e. The first-order chi connectivity index (χ1) is 12.8. The van der Waals surface area contributed by atoms with Crippen molar-refractivity contribution < 1.29 is 4.74 Å². The molecule has 2 aromatic heterocycles. The number of anilines is 1. The Kier molecular flexibility index (Phi) is 4.89. The highest BCUT2D eigenvalue weighted by atomic mass is 16.5. The number of aryl methyl sites for hydroxylation is 1. The molecule has 0 unspecified atom stereocenters. The molecule has 0 amide bonds. The molecular weight excluding hydrogens is 324 g/mol. The first kappa shape index (κ1) is 17.0. The van der Waals surface area contributed by atoms with Crippen molar-refractivity contribution in [2.45, 2.75) is 32.2 Å². The fraction of sp³-hybridized carbons (Fsp3) is 0.429. The zero-order valence-corrected chi connectivity index (χ0v) is 15.6. The number of fused-ring (bicyclic) bond motifs is 1. The lowest BCUT2D eigenvalue weighted by Gasteiger charge is -2.35. The van der Waals surface area contributed by atoms with Gasteiger partial charge in [0.25, 0.3) is 0 Å². The van der Waals surface area contributed by atoms with Gasteiger partial charge >= 0.3 is 0 Å². The van der Waals surface area contributed by atoms with E-state index in [0.29, 0.717) is 12.5 Å². The minimum atomic E-state index is 0.447. The standard InChI is InChI=1S/C21H26N4O/c1-16-14-20(18-7-3-4-8-19(18)23-16)25-10-5-6-17(15-25)21-22-9-11-24(21)12-13-26-2/h3-4,7-9,11,14,17H,5-6,10,12-13,15H2,1-2H3/t17-/m0/s1. The maximum Gasteiger partial charge on any atom is 0.113 e. The van der Waals surface area contributed by atoms with Crippen molar-refractivity contribution in [1.82, 2.24) is 14.5 Å². The number of ether oxygens (including phenoxy) is 1. The lowest BCUT2D eigenvalue weighted by Crippen LogP contribution is -2.35. The molecule has 3 heterocycles. The molecule has 0 spiro atoms. The van der Waals surface area contributed by atoms with Gasteiger partial charge in [-0.05, 0) is 31.9 Å². The summed E-state index contributed by atoms with van der Waals surface area (Å²) in [7, 11) is 1.75. The van der Waals surface area contributed by atoms with Crippen LogP contribution in [-0.2, 0) is 11.3 Å². The smallest absolute Gasteiger partial charge is 0.113 e. The van der Waals surface area contributed by atoms with Crippen LogP contribution in [-0.4, -0.2) is 41.3 Å². The summed E-state index contributed by atoms with van der Waals surface area (Å²) in [5.74, 6) is 1.63. The third-order valence-corrected chi connectivity index (χ3v) is 5.23.